The first-order chi connectivity index (χ1) is 6.25. The highest BCUT2D eigenvalue weighted by molar-refractivity contribution is 6.10. The van der Waals surface area contributed by atoms with E-state index >= 15 is 0 Å². The standard InChI is InChI=1S/C10H13N3/c1-8-3-4-9(5-11-8)10-6-12-13(2)7-10/h4-8H,3H2,1-2H3. The Labute approximate surface area is 77.8 Å². The first-order valence-corrected chi connectivity index (χ1v) is 4.48. The van der Waals surface area contributed by atoms with Gasteiger partial charge < -0.3 is 0 Å². The highest BCUT2D eigenvalue weighted by Gasteiger charge is 2.07. The molecule has 1 aromatic heterocycles. The summed E-state index contributed by atoms with van der Waals surface area (Å²) in [6, 6.07) is 0.431. The van der Waals surface area contributed by atoms with Crippen molar-refractivity contribution in [2.75, 3.05) is 0 Å². The quantitative estimate of drug-likeness (QED) is 0.638. The molecule has 68 valence electrons. The maximum absolute atomic E-state index is 4.37. The van der Waals surface area contributed by atoms with E-state index in [-0.39, 0.29) is 0 Å². The van der Waals surface area contributed by atoms with E-state index in [1.165, 1.54) is 5.57 Å². The molecule has 1 atom stereocenters. The van der Waals surface area contributed by atoms with Crippen molar-refractivity contribution in [3.8, 4) is 0 Å². The van der Waals surface area contributed by atoms with Crippen LogP contribution >= 0.6 is 0 Å². The highest BCUT2D eigenvalue weighted by atomic mass is 15.2. The number of aryl methyl sites for hydroxylation is 1. The predicted molar refractivity (Wildman–Crippen MR) is 53.8 cm³/mol. The first kappa shape index (κ1) is 8.23. The van der Waals surface area contributed by atoms with Crippen LogP contribution in [-0.2, 0) is 7.05 Å². The molecule has 0 saturated carbocycles. The van der Waals surface area contributed by atoms with E-state index in [0.717, 1.165) is 12.0 Å². The lowest BCUT2D eigenvalue weighted by molar-refractivity contribution is 0.758. The third-order valence-electron chi connectivity index (χ3n) is 2.19. The summed E-state index contributed by atoms with van der Waals surface area (Å²) >= 11 is 0. The zero-order valence-electron chi connectivity index (χ0n) is 7.94. The molecule has 0 bridgehead atoms. The summed E-state index contributed by atoms with van der Waals surface area (Å²) in [6.07, 6.45) is 9.06. The van der Waals surface area contributed by atoms with E-state index in [1.54, 1.807) is 0 Å². The second-order valence-corrected chi connectivity index (χ2v) is 3.43. The molecule has 1 aromatic rings. The Morgan fingerprint density at radius 3 is 2.92 bits per heavy atom. The number of hydrogen-bond donors (Lipinski definition) is 0. The molecule has 0 N–H and O–H groups in total. The third-order valence-corrected chi connectivity index (χ3v) is 2.19. The van der Waals surface area contributed by atoms with E-state index in [4.69, 9.17) is 0 Å². The zero-order chi connectivity index (χ0) is 9.26. The lowest BCUT2D eigenvalue weighted by Crippen LogP contribution is -2.02. The van der Waals surface area contributed by atoms with Crippen LogP contribution in [0.1, 0.15) is 18.9 Å². The molecule has 1 aliphatic rings. The number of allylic oxidation sites excluding steroid dienone is 1. The monoisotopic (exact) mass is 175 g/mol. The second kappa shape index (κ2) is 3.17. The van der Waals surface area contributed by atoms with Gasteiger partial charge in [-0.1, -0.05) is 6.08 Å². The smallest absolute Gasteiger partial charge is 0.0568 e. The van der Waals surface area contributed by atoms with E-state index < -0.39 is 0 Å². The van der Waals surface area contributed by atoms with Crippen molar-refractivity contribution in [1.82, 2.24) is 9.78 Å². The SMILES string of the molecule is CC1CC=C(c2cnn(C)c2)C=N1. The van der Waals surface area contributed by atoms with E-state index in [0.29, 0.717) is 6.04 Å². The van der Waals surface area contributed by atoms with Gasteiger partial charge >= 0.3 is 0 Å². The number of hydrogen-bond acceptors (Lipinski definition) is 2. The van der Waals surface area contributed by atoms with Gasteiger partial charge in [0.25, 0.3) is 0 Å². The third kappa shape index (κ3) is 1.69. The van der Waals surface area contributed by atoms with Crippen LogP contribution in [0.25, 0.3) is 5.57 Å². The molecule has 0 spiro atoms. The molecule has 0 fully saturated rings. The topological polar surface area (TPSA) is 30.2 Å². The van der Waals surface area contributed by atoms with Crippen LogP contribution < -0.4 is 0 Å². The molecule has 2 heterocycles. The van der Waals surface area contributed by atoms with Crippen molar-refractivity contribution in [2.24, 2.45) is 12.0 Å². The van der Waals surface area contributed by atoms with Gasteiger partial charge in [0, 0.05) is 25.0 Å². The fraction of sp³-hybridized carbons (Fsp3) is 0.400. The minimum atomic E-state index is 0.431. The van der Waals surface area contributed by atoms with Crippen LogP contribution in [0, 0.1) is 0 Å². The maximum atomic E-state index is 4.37. The molecule has 0 aliphatic carbocycles. The van der Waals surface area contributed by atoms with Crippen LogP contribution in [0.5, 0.6) is 0 Å². The molecule has 0 amide bonds. The number of nitrogens with zero attached hydrogens (tertiary/aromatic N) is 3. The summed E-state index contributed by atoms with van der Waals surface area (Å²) in [5, 5.41) is 4.13. The Morgan fingerprint density at radius 2 is 2.38 bits per heavy atom. The molecule has 3 nitrogen and oxygen atoms in total. The first-order valence-electron chi connectivity index (χ1n) is 4.48. The zero-order valence-corrected chi connectivity index (χ0v) is 7.94. The minimum Gasteiger partial charge on any atom is -0.289 e. The number of aliphatic imine (C=N–C) groups is 1. The molecule has 0 aromatic carbocycles. The average Bonchev–Trinajstić information content (AvgIpc) is 2.53. The van der Waals surface area contributed by atoms with Gasteiger partial charge in [0.1, 0.15) is 0 Å². The largest absolute Gasteiger partial charge is 0.289 e. The van der Waals surface area contributed by atoms with Gasteiger partial charge in [-0.05, 0) is 18.9 Å². The maximum Gasteiger partial charge on any atom is 0.0568 e. The molecular weight excluding hydrogens is 162 g/mol. The Bertz CT molecular complexity index is 360. The fourth-order valence-electron chi connectivity index (χ4n) is 1.38. The Morgan fingerprint density at radius 1 is 1.54 bits per heavy atom. The molecular formula is C10H13N3. The molecule has 0 saturated heterocycles. The van der Waals surface area contributed by atoms with Gasteiger partial charge in [0.15, 0.2) is 0 Å². The van der Waals surface area contributed by atoms with Gasteiger partial charge in [-0.3, -0.25) is 9.67 Å². The number of aromatic nitrogens is 2. The Hall–Kier alpha value is -1.38. The van der Waals surface area contributed by atoms with Gasteiger partial charge in [-0.2, -0.15) is 5.10 Å². The van der Waals surface area contributed by atoms with Crippen LogP contribution in [0.15, 0.2) is 23.5 Å². The summed E-state index contributed by atoms with van der Waals surface area (Å²) in [4.78, 5) is 4.37. The number of rotatable bonds is 1. The molecule has 3 heteroatoms. The molecule has 1 aliphatic heterocycles. The van der Waals surface area contributed by atoms with Crippen molar-refractivity contribution in [1.29, 1.82) is 0 Å². The van der Waals surface area contributed by atoms with Gasteiger partial charge in [-0.15, -0.1) is 0 Å². The van der Waals surface area contributed by atoms with Crippen LogP contribution in [0.3, 0.4) is 0 Å². The van der Waals surface area contributed by atoms with Crippen LogP contribution in [0.2, 0.25) is 0 Å². The minimum absolute atomic E-state index is 0.431. The molecule has 13 heavy (non-hydrogen) atoms. The van der Waals surface area contributed by atoms with Crippen molar-refractivity contribution >= 4 is 11.8 Å². The average molecular weight is 175 g/mol. The van der Waals surface area contributed by atoms with E-state index in [1.807, 2.05) is 30.3 Å². The Kier molecular flexibility index (Phi) is 2.00. The highest BCUT2D eigenvalue weighted by Crippen LogP contribution is 2.17. The van der Waals surface area contributed by atoms with E-state index in [9.17, 15) is 0 Å². The predicted octanol–water partition coefficient (Wildman–Crippen LogP) is 1.67. The summed E-state index contributed by atoms with van der Waals surface area (Å²) in [6.45, 7) is 2.12. The van der Waals surface area contributed by atoms with Crippen molar-refractivity contribution < 1.29 is 0 Å². The number of dihydropyridines is 1. The summed E-state index contributed by atoms with van der Waals surface area (Å²) in [5.41, 5.74) is 2.34. The van der Waals surface area contributed by atoms with Gasteiger partial charge in [0.05, 0.1) is 12.2 Å². The van der Waals surface area contributed by atoms with Crippen LogP contribution in [-0.4, -0.2) is 22.0 Å². The fourth-order valence-corrected chi connectivity index (χ4v) is 1.38. The van der Waals surface area contributed by atoms with Gasteiger partial charge in [0.2, 0.25) is 0 Å². The lowest BCUT2D eigenvalue weighted by atomic mass is 10.1. The molecule has 1 unspecified atom stereocenters. The van der Waals surface area contributed by atoms with Gasteiger partial charge in [-0.25, -0.2) is 0 Å². The Balaban J connectivity index is 2.24. The second-order valence-electron chi connectivity index (χ2n) is 3.43. The van der Waals surface area contributed by atoms with Crippen molar-refractivity contribution in [3.63, 3.8) is 0 Å². The van der Waals surface area contributed by atoms with Crippen molar-refractivity contribution in [3.05, 3.63) is 24.0 Å². The summed E-state index contributed by atoms with van der Waals surface area (Å²) in [7, 11) is 1.92. The summed E-state index contributed by atoms with van der Waals surface area (Å²) < 4.78 is 1.81. The summed E-state index contributed by atoms with van der Waals surface area (Å²) in [5.74, 6) is 0. The lowest BCUT2D eigenvalue weighted by Gasteiger charge is -2.09. The molecule has 0 radical (unpaired) electrons. The van der Waals surface area contributed by atoms with E-state index in [2.05, 4.69) is 23.1 Å². The normalized spacial score (nSPS) is 21.7. The van der Waals surface area contributed by atoms with Crippen LogP contribution in [0.4, 0.5) is 0 Å². The molecule has 2 rings (SSSR count). The van der Waals surface area contributed by atoms with Crippen molar-refractivity contribution in [2.45, 2.75) is 19.4 Å².